The highest BCUT2D eigenvalue weighted by molar-refractivity contribution is 5.89. The summed E-state index contributed by atoms with van der Waals surface area (Å²) in [6.45, 7) is 1.91. The zero-order chi connectivity index (χ0) is 24.6. The minimum atomic E-state index is -0.311. The zero-order valence-electron chi connectivity index (χ0n) is 19.9. The van der Waals surface area contributed by atoms with Crippen molar-refractivity contribution in [3.63, 3.8) is 0 Å². The summed E-state index contributed by atoms with van der Waals surface area (Å²) >= 11 is 0. The first kappa shape index (κ1) is 24.1. The van der Waals surface area contributed by atoms with E-state index in [1.807, 2.05) is 31.2 Å². The van der Waals surface area contributed by atoms with Crippen molar-refractivity contribution >= 4 is 23.0 Å². The fourth-order valence-electron chi connectivity index (χ4n) is 3.85. The highest BCUT2D eigenvalue weighted by Crippen LogP contribution is 2.30. The van der Waals surface area contributed by atoms with Gasteiger partial charge in [0.05, 0.1) is 25.6 Å². The van der Waals surface area contributed by atoms with Crippen LogP contribution in [-0.4, -0.2) is 39.2 Å². The summed E-state index contributed by atoms with van der Waals surface area (Å²) in [6, 6.07) is 18.9. The molecule has 0 saturated carbocycles. The number of pyridine rings is 1. The minimum Gasteiger partial charge on any atom is -0.496 e. The molecule has 4 aromatic rings. The van der Waals surface area contributed by atoms with Crippen LogP contribution in [0.25, 0.3) is 22.4 Å². The second-order valence-electron chi connectivity index (χ2n) is 8.36. The van der Waals surface area contributed by atoms with Crippen LogP contribution in [0.5, 0.6) is 5.75 Å². The molecule has 0 aliphatic rings. The van der Waals surface area contributed by atoms with E-state index in [-0.39, 0.29) is 18.7 Å². The molecule has 0 radical (unpaired) electrons. The predicted octanol–water partition coefficient (Wildman–Crippen LogP) is 4.73. The summed E-state index contributed by atoms with van der Waals surface area (Å²) in [6.07, 6.45) is 4.49. The second kappa shape index (κ2) is 11.4. The van der Waals surface area contributed by atoms with Gasteiger partial charge in [0, 0.05) is 11.6 Å². The van der Waals surface area contributed by atoms with Crippen LogP contribution in [0.4, 0.5) is 10.6 Å². The van der Waals surface area contributed by atoms with Crippen LogP contribution >= 0.6 is 0 Å². The molecule has 1 atom stereocenters. The lowest BCUT2D eigenvalue weighted by molar-refractivity contribution is 0.248. The number of benzene rings is 2. The van der Waals surface area contributed by atoms with Gasteiger partial charge < -0.3 is 15.2 Å². The van der Waals surface area contributed by atoms with Gasteiger partial charge in [-0.1, -0.05) is 36.4 Å². The third-order valence-electron chi connectivity index (χ3n) is 5.70. The standard InChI is InChI=1S/C27H29N5O3/c1-18(7-6-10-19-8-4-3-5-9-19)29-27(34)32-25-14-13-22-26(31-25)30-23(16-28-22)21-12-11-20(17-33)15-24(21)35-2/h3-5,8-9,11-16,18,33H,6-7,10,17H2,1-2H3,(H2,29,30,31,32,34). The minimum absolute atomic E-state index is 0.0277. The summed E-state index contributed by atoms with van der Waals surface area (Å²) < 4.78 is 5.46. The van der Waals surface area contributed by atoms with E-state index in [1.54, 1.807) is 37.6 Å². The van der Waals surface area contributed by atoms with Crippen molar-refractivity contribution < 1.29 is 14.6 Å². The Morgan fingerprint density at radius 1 is 1.06 bits per heavy atom. The fourth-order valence-corrected chi connectivity index (χ4v) is 3.85. The van der Waals surface area contributed by atoms with Crippen molar-refractivity contribution in [3.8, 4) is 17.0 Å². The number of nitrogens with zero attached hydrogens (tertiary/aromatic N) is 3. The Balaban J connectivity index is 1.40. The number of aryl methyl sites for hydroxylation is 1. The molecule has 0 fully saturated rings. The first-order chi connectivity index (χ1) is 17.1. The van der Waals surface area contributed by atoms with Gasteiger partial charge in [-0.3, -0.25) is 10.3 Å². The summed E-state index contributed by atoms with van der Waals surface area (Å²) in [7, 11) is 1.57. The number of carbonyl (C=O) groups excluding carboxylic acids is 1. The summed E-state index contributed by atoms with van der Waals surface area (Å²) in [4.78, 5) is 26.0. The molecule has 2 aromatic carbocycles. The number of aliphatic hydroxyl groups excluding tert-OH is 1. The molecule has 2 amide bonds. The molecule has 4 rings (SSSR count). The molecule has 0 aliphatic heterocycles. The quantitative estimate of drug-likeness (QED) is 0.326. The van der Waals surface area contributed by atoms with E-state index in [0.29, 0.717) is 28.4 Å². The van der Waals surface area contributed by atoms with Crippen LogP contribution < -0.4 is 15.4 Å². The van der Waals surface area contributed by atoms with Gasteiger partial charge in [0.25, 0.3) is 0 Å². The van der Waals surface area contributed by atoms with E-state index < -0.39 is 0 Å². The van der Waals surface area contributed by atoms with Gasteiger partial charge >= 0.3 is 6.03 Å². The number of aliphatic hydroxyl groups is 1. The number of carbonyl (C=O) groups is 1. The molecule has 2 heterocycles. The van der Waals surface area contributed by atoms with E-state index in [9.17, 15) is 9.90 Å². The van der Waals surface area contributed by atoms with Crippen LogP contribution in [0, 0.1) is 0 Å². The van der Waals surface area contributed by atoms with Crippen LogP contribution in [0.3, 0.4) is 0 Å². The Hall–Kier alpha value is -4.04. The first-order valence-corrected chi connectivity index (χ1v) is 11.6. The van der Waals surface area contributed by atoms with Crippen LogP contribution in [0.1, 0.15) is 30.9 Å². The molecular weight excluding hydrogens is 442 g/mol. The molecule has 0 bridgehead atoms. The molecule has 0 saturated heterocycles. The van der Waals surface area contributed by atoms with Gasteiger partial charge in [0.1, 0.15) is 17.1 Å². The molecule has 0 aliphatic carbocycles. The van der Waals surface area contributed by atoms with E-state index >= 15 is 0 Å². The molecule has 35 heavy (non-hydrogen) atoms. The zero-order valence-corrected chi connectivity index (χ0v) is 19.9. The number of aromatic nitrogens is 3. The largest absolute Gasteiger partial charge is 0.496 e. The smallest absolute Gasteiger partial charge is 0.320 e. The monoisotopic (exact) mass is 471 g/mol. The average Bonchev–Trinajstić information content (AvgIpc) is 2.88. The average molecular weight is 472 g/mol. The number of nitrogens with one attached hydrogen (secondary N) is 2. The SMILES string of the molecule is COc1cc(CO)ccc1-c1cnc2ccc(NC(=O)NC(C)CCCc3ccccc3)nc2n1. The Morgan fingerprint density at radius 2 is 1.89 bits per heavy atom. The van der Waals surface area contributed by atoms with E-state index in [0.717, 1.165) is 30.4 Å². The summed E-state index contributed by atoms with van der Waals surface area (Å²) in [5.74, 6) is 0.973. The molecular formula is C27H29N5O3. The lowest BCUT2D eigenvalue weighted by Crippen LogP contribution is -2.36. The van der Waals surface area contributed by atoms with Gasteiger partial charge in [0.15, 0.2) is 5.65 Å². The van der Waals surface area contributed by atoms with Crippen molar-refractivity contribution in [2.75, 3.05) is 12.4 Å². The Kier molecular flexibility index (Phi) is 7.84. The number of hydrogen-bond acceptors (Lipinski definition) is 6. The third-order valence-corrected chi connectivity index (χ3v) is 5.70. The Morgan fingerprint density at radius 3 is 2.66 bits per heavy atom. The predicted molar refractivity (Wildman–Crippen MR) is 136 cm³/mol. The fraction of sp³-hybridized carbons (Fsp3) is 0.259. The van der Waals surface area contributed by atoms with Crippen LogP contribution in [-0.2, 0) is 13.0 Å². The van der Waals surface area contributed by atoms with Crippen molar-refractivity contribution in [3.05, 3.63) is 78.0 Å². The van der Waals surface area contributed by atoms with Gasteiger partial charge in [-0.2, -0.15) is 0 Å². The number of fused-ring (bicyclic) bond motifs is 1. The molecule has 3 N–H and O–H groups in total. The van der Waals surface area contributed by atoms with Gasteiger partial charge in [0.2, 0.25) is 0 Å². The van der Waals surface area contributed by atoms with Crippen LogP contribution in [0.15, 0.2) is 66.9 Å². The lowest BCUT2D eigenvalue weighted by atomic mass is 10.1. The lowest BCUT2D eigenvalue weighted by Gasteiger charge is -2.14. The third kappa shape index (κ3) is 6.30. The first-order valence-electron chi connectivity index (χ1n) is 11.6. The number of methoxy groups -OCH3 is 1. The van der Waals surface area contributed by atoms with E-state index in [1.165, 1.54) is 5.56 Å². The number of urea groups is 1. The van der Waals surface area contributed by atoms with E-state index in [4.69, 9.17) is 4.74 Å². The number of hydrogen-bond donors (Lipinski definition) is 3. The van der Waals surface area contributed by atoms with Gasteiger partial charge in [-0.25, -0.2) is 14.8 Å². The van der Waals surface area contributed by atoms with Crippen molar-refractivity contribution in [2.24, 2.45) is 0 Å². The maximum atomic E-state index is 12.5. The molecule has 8 nitrogen and oxygen atoms in total. The summed E-state index contributed by atoms with van der Waals surface area (Å²) in [5, 5.41) is 15.1. The maximum Gasteiger partial charge on any atom is 0.320 e. The van der Waals surface area contributed by atoms with Crippen LogP contribution in [0.2, 0.25) is 0 Å². The molecule has 8 heteroatoms. The number of rotatable bonds is 9. The molecule has 0 spiro atoms. The van der Waals surface area contributed by atoms with Crippen molar-refractivity contribution in [1.82, 2.24) is 20.3 Å². The Labute approximate surface area is 204 Å². The van der Waals surface area contributed by atoms with Crippen molar-refractivity contribution in [2.45, 2.75) is 38.8 Å². The maximum absolute atomic E-state index is 12.5. The summed E-state index contributed by atoms with van der Waals surface area (Å²) in [5.41, 5.74) is 4.38. The normalized spacial score (nSPS) is 11.7. The number of anilines is 1. The Bertz CT molecular complexity index is 1300. The topological polar surface area (TPSA) is 109 Å². The highest BCUT2D eigenvalue weighted by atomic mass is 16.5. The van der Waals surface area contributed by atoms with Gasteiger partial charge in [-0.15, -0.1) is 0 Å². The van der Waals surface area contributed by atoms with Crippen molar-refractivity contribution in [1.29, 1.82) is 0 Å². The second-order valence-corrected chi connectivity index (χ2v) is 8.36. The number of amides is 2. The van der Waals surface area contributed by atoms with E-state index in [2.05, 4.69) is 37.7 Å². The number of ether oxygens (including phenoxy) is 1. The molecule has 180 valence electrons. The molecule has 1 unspecified atom stereocenters. The van der Waals surface area contributed by atoms with Gasteiger partial charge in [-0.05, 0) is 61.6 Å². The highest BCUT2D eigenvalue weighted by Gasteiger charge is 2.12. The molecule has 2 aromatic heterocycles.